The molecule has 1 aromatic carbocycles. The summed E-state index contributed by atoms with van der Waals surface area (Å²) in [5.41, 5.74) is 6.15. The number of nitrogens with two attached hydrogens (primary N) is 1. The molecule has 0 saturated heterocycles. The van der Waals surface area contributed by atoms with Gasteiger partial charge in [0, 0.05) is 5.56 Å². The first-order valence-corrected chi connectivity index (χ1v) is 7.41. The molecule has 1 aliphatic rings. The van der Waals surface area contributed by atoms with Crippen LogP contribution in [0, 0.1) is 0 Å². The average Bonchev–Trinajstić information content (AvgIpc) is 2.59. The van der Waals surface area contributed by atoms with Crippen molar-refractivity contribution >= 4 is 23.3 Å². The zero-order chi connectivity index (χ0) is 17.3. The second kappa shape index (κ2) is 6.19. The van der Waals surface area contributed by atoms with Gasteiger partial charge in [0.1, 0.15) is 11.6 Å². The van der Waals surface area contributed by atoms with Crippen LogP contribution in [0.1, 0.15) is 17.3 Å². The van der Waals surface area contributed by atoms with E-state index in [-0.39, 0.29) is 29.9 Å². The average molecular weight is 327 g/mol. The molecule has 0 aliphatic carbocycles. The molecule has 2 aromatic rings. The number of ketones is 1. The molecule has 0 spiro atoms. The van der Waals surface area contributed by atoms with Gasteiger partial charge in [0.15, 0.2) is 23.5 Å². The Morgan fingerprint density at radius 1 is 1.38 bits per heavy atom. The van der Waals surface area contributed by atoms with Crippen molar-refractivity contribution in [2.45, 2.75) is 13.0 Å². The fraction of sp³-hybridized carbons (Fsp3) is 0.235. The summed E-state index contributed by atoms with van der Waals surface area (Å²) in [7, 11) is 1.53. The second-order valence-electron chi connectivity index (χ2n) is 5.40. The topological polar surface area (TPSA) is 94.8 Å². The smallest absolute Gasteiger partial charge is 0.269 e. The standard InChI is InChI=1S/C17H17N3O4/c1-10-17(22)20(16-14(24-10)6-7-15(18)19-16)9-13(21)11-4-3-5-12(8-11)23-2/h3-8,10H,9H2,1-2H3,(H2,18,19). The van der Waals surface area contributed by atoms with Crippen LogP contribution in [-0.4, -0.2) is 36.4 Å². The summed E-state index contributed by atoms with van der Waals surface area (Å²) in [5, 5.41) is 0. The van der Waals surface area contributed by atoms with Gasteiger partial charge >= 0.3 is 0 Å². The van der Waals surface area contributed by atoms with Crippen LogP contribution in [0.3, 0.4) is 0 Å². The maximum absolute atomic E-state index is 12.6. The molecule has 124 valence electrons. The van der Waals surface area contributed by atoms with Crippen LogP contribution < -0.4 is 20.1 Å². The van der Waals surface area contributed by atoms with E-state index in [1.807, 2.05) is 0 Å². The number of hydrogen-bond donors (Lipinski definition) is 1. The van der Waals surface area contributed by atoms with Gasteiger partial charge in [0.05, 0.1) is 13.7 Å². The number of ether oxygens (including phenoxy) is 2. The number of Topliss-reactive ketones (excluding diaryl/α,β-unsaturated/α-hetero) is 1. The number of nitrogen functional groups attached to an aromatic ring is 1. The number of hydrogen-bond acceptors (Lipinski definition) is 6. The van der Waals surface area contributed by atoms with Gasteiger partial charge in [-0.05, 0) is 31.2 Å². The van der Waals surface area contributed by atoms with Gasteiger partial charge in [-0.25, -0.2) is 4.98 Å². The van der Waals surface area contributed by atoms with Gasteiger partial charge in [0.2, 0.25) is 0 Å². The number of carbonyl (C=O) groups excluding carboxylic acids is 2. The van der Waals surface area contributed by atoms with Crippen LogP contribution >= 0.6 is 0 Å². The Balaban J connectivity index is 1.92. The van der Waals surface area contributed by atoms with Gasteiger partial charge in [-0.15, -0.1) is 0 Å². The maximum atomic E-state index is 12.6. The molecule has 7 heteroatoms. The van der Waals surface area contributed by atoms with E-state index < -0.39 is 6.10 Å². The third kappa shape index (κ3) is 2.88. The Kier molecular flexibility index (Phi) is 4.07. The zero-order valence-corrected chi connectivity index (χ0v) is 13.4. The minimum Gasteiger partial charge on any atom is -0.497 e. The molecule has 0 fully saturated rings. The molecule has 0 radical (unpaired) electrons. The van der Waals surface area contributed by atoms with Crippen LogP contribution in [0.2, 0.25) is 0 Å². The lowest BCUT2D eigenvalue weighted by Gasteiger charge is -2.31. The number of benzene rings is 1. The van der Waals surface area contributed by atoms with Crippen molar-refractivity contribution in [2.24, 2.45) is 0 Å². The minimum absolute atomic E-state index is 0.150. The van der Waals surface area contributed by atoms with E-state index >= 15 is 0 Å². The fourth-order valence-electron chi connectivity index (χ4n) is 2.48. The fourth-order valence-corrected chi connectivity index (χ4v) is 2.48. The normalized spacial score (nSPS) is 16.3. The predicted octanol–water partition coefficient (Wildman–Crippen LogP) is 1.67. The molecule has 7 nitrogen and oxygen atoms in total. The monoisotopic (exact) mass is 327 g/mol. The zero-order valence-electron chi connectivity index (χ0n) is 13.4. The highest BCUT2D eigenvalue weighted by molar-refractivity contribution is 6.07. The molecule has 1 aliphatic heterocycles. The summed E-state index contributed by atoms with van der Waals surface area (Å²) in [5.74, 6) is 0.941. The van der Waals surface area contributed by atoms with Crippen molar-refractivity contribution in [1.29, 1.82) is 0 Å². The van der Waals surface area contributed by atoms with Crippen molar-refractivity contribution in [3.8, 4) is 11.5 Å². The number of nitrogens with zero attached hydrogens (tertiary/aromatic N) is 2. The summed E-state index contributed by atoms with van der Waals surface area (Å²) in [6.07, 6.45) is -0.693. The molecule has 1 atom stereocenters. The van der Waals surface area contributed by atoms with Crippen LogP contribution in [0.25, 0.3) is 0 Å². The Morgan fingerprint density at radius 2 is 2.17 bits per heavy atom. The van der Waals surface area contributed by atoms with Crippen LogP contribution in [-0.2, 0) is 4.79 Å². The molecule has 0 bridgehead atoms. The lowest BCUT2D eigenvalue weighted by molar-refractivity contribution is -0.125. The molecule has 1 unspecified atom stereocenters. The SMILES string of the molecule is COc1cccc(C(=O)CN2C(=O)C(C)Oc3ccc(N)nc32)c1. The Bertz CT molecular complexity index is 806. The van der Waals surface area contributed by atoms with E-state index in [4.69, 9.17) is 15.2 Å². The highest BCUT2D eigenvalue weighted by Gasteiger charge is 2.34. The van der Waals surface area contributed by atoms with Crippen LogP contribution in [0.5, 0.6) is 11.5 Å². The molecule has 1 aromatic heterocycles. The number of aromatic nitrogens is 1. The van der Waals surface area contributed by atoms with Gasteiger partial charge in [-0.2, -0.15) is 0 Å². The minimum atomic E-state index is -0.693. The predicted molar refractivity (Wildman–Crippen MR) is 88.4 cm³/mol. The Hall–Kier alpha value is -3.09. The van der Waals surface area contributed by atoms with E-state index in [0.29, 0.717) is 17.1 Å². The molecule has 1 amide bonds. The number of pyridine rings is 1. The number of methoxy groups -OCH3 is 1. The van der Waals surface area contributed by atoms with Crippen molar-refractivity contribution in [2.75, 3.05) is 24.3 Å². The van der Waals surface area contributed by atoms with Gasteiger partial charge in [-0.1, -0.05) is 12.1 Å². The molecule has 0 saturated carbocycles. The summed E-state index contributed by atoms with van der Waals surface area (Å²) in [6.45, 7) is 1.48. The first-order valence-electron chi connectivity index (χ1n) is 7.41. The number of rotatable bonds is 4. The second-order valence-corrected chi connectivity index (χ2v) is 5.40. The Labute approximate surface area is 139 Å². The van der Waals surface area contributed by atoms with Crippen LogP contribution in [0.15, 0.2) is 36.4 Å². The third-order valence-electron chi connectivity index (χ3n) is 3.73. The first-order chi connectivity index (χ1) is 11.5. The van der Waals surface area contributed by atoms with E-state index in [1.165, 1.54) is 12.0 Å². The van der Waals surface area contributed by atoms with Crippen LogP contribution in [0.4, 0.5) is 11.6 Å². The van der Waals surface area contributed by atoms with Crippen molar-refractivity contribution in [3.05, 3.63) is 42.0 Å². The summed E-state index contributed by atoms with van der Waals surface area (Å²) in [6, 6.07) is 10.0. The molecule has 2 N–H and O–H groups in total. The number of amides is 1. The van der Waals surface area contributed by atoms with E-state index in [2.05, 4.69) is 4.98 Å². The summed E-state index contributed by atoms with van der Waals surface area (Å²) in [4.78, 5) is 30.5. The molecule has 3 rings (SSSR count). The number of anilines is 2. The highest BCUT2D eigenvalue weighted by atomic mass is 16.5. The summed E-state index contributed by atoms with van der Waals surface area (Å²) >= 11 is 0. The van der Waals surface area contributed by atoms with E-state index in [1.54, 1.807) is 43.3 Å². The maximum Gasteiger partial charge on any atom is 0.269 e. The van der Waals surface area contributed by atoms with Crippen molar-refractivity contribution in [1.82, 2.24) is 4.98 Å². The number of carbonyl (C=O) groups is 2. The van der Waals surface area contributed by atoms with Crippen molar-refractivity contribution < 1.29 is 19.1 Å². The number of fused-ring (bicyclic) bond motifs is 1. The highest BCUT2D eigenvalue weighted by Crippen LogP contribution is 2.33. The lowest BCUT2D eigenvalue weighted by atomic mass is 10.1. The quantitative estimate of drug-likeness (QED) is 0.858. The van der Waals surface area contributed by atoms with E-state index in [9.17, 15) is 9.59 Å². The molecule has 2 heterocycles. The van der Waals surface area contributed by atoms with E-state index in [0.717, 1.165) is 0 Å². The van der Waals surface area contributed by atoms with Crippen molar-refractivity contribution in [3.63, 3.8) is 0 Å². The third-order valence-corrected chi connectivity index (χ3v) is 3.73. The Morgan fingerprint density at radius 3 is 2.92 bits per heavy atom. The lowest BCUT2D eigenvalue weighted by Crippen LogP contribution is -2.47. The molecular weight excluding hydrogens is 310 g/mol. The van der Waals surface area contributed by atoms with Gasteiger partial charge < -0.3 is 15.2 Å². The largest absolute Gasteiger partial charge is 0.497 e. The summed E-state index contributed by atoms with van der Waals surface area (Å²) < 4.78 is 10.6. The van der Waals surface area contributed by atoms with Gasteiger partial charge in [-0.3, -0.25) is 14.5 Å². The molecular formula is C17H17N3O4. The van der Waals surface area contributed by atoms with Gasteiger partial charge in [0.25, 0.3) is 5.91 Å². The molecule has 24 heavy (non-hydrogen) atoms. The first kappa shape index (κ1) is 15.8.